The summed E-state index contributed by atoms with van der Waals surface area (Å²) in [6, 6.07) is 8.57. The van der Waals surface area contributed by atoms with Crippen molar-refractivity contribution in [3.63, 3.8) is 0 Å². The summed E-state index contributed by atoms with van der Waals surface area (Å²) in [5, 5.41) is 3.21. The number of rotatable bonds is 4. The van der Waals surface area contributed by atoms with Crippen molar-refractivity contribution in [2.24, 2.45) is 5.92 Å². The van der Waals surface area contributed by atoms with Crippen LogP contribution >= 0.6 is 0 Å². The van der Waals surface area contributed by atoms with Crippen LogP contribution in [0.25, 0.3) is 0 Å². The van der Waals surface area contributed by atoms with Gasteiger partial charge in [-0.2, -0.15) is 0 Å². The fourth-order valence-electron chi connectivity index (χ4n) is 4.49. The molecule has 29 heavy (non-hydrogen) atoms. The number of nitrogens with zero attached hydrogens (tertiary/aromatic N) is 1. The summed E-state index contributed by atoms with van der Waals surface area (Å²) in [5.41, 5.74) is 1.45. The van der Waals surface area contributed by atoms with Gasteiger partial charge in [0, 0.05) is 30.8 Å². The average molecular weight is 402 g/mol. The molecule has 0 amide bonds. The molecule has 2 aliphatic heterocycles. The second-order valence-corrected chi connectivity index (χ2v) is 7.98. The van der Waals surface area contributed by atoms with Crippen molar-refractivity contribution in [3.05, 3.63) is 65.0 Å². The fraction of sp³-hybridized carbons (Fsp3) is 0.435. The molecular formula is C23H25F3N2O. The largest absolute Gasteiger partial charge is 0.371 e. The van der Waals surface area contributed by atoms with Crippen LogP contribution in [0.4, 0.5) is 18.9 Å². The highest BCUT2D eigenvalue weighted by molar-refractivity contribution is 5.98. The molecule has 4 rings (SSSR count). The number of halogens is 3. The minimum atomic E-state index is -0.571. The lowest BCUT2D eigenvalue weighted by atomic mass is 9.88. The lowest BCUT2D eigenvalue weighted by Crippen LogP contribution is -2.33. The van der Waals surface area contributed by atoms with Crippen LogP contribution in [0.3, 0.4) is 0 Å². The maximum atomic E-state index is 14.7. The predicted octanol–water partition coefficient (Wildman–Crippen LogP) is 4.67. The number of hydrogen-bond donors (Lipinski definition) is 1. The van der Waals surface area contributed by atoms with Gasteiger partial charge in [0.2, 0.25) is 0 Å². The van der Waals surface area contributed by atoms with Gasteiger partial charge in [-0.25, -0.2) is 13.2 Å². The van der Waals surface area contributed by atoms with Gasteiger partial charge in [-0.3, -0.25) is 4.79 Å². The van der Waals surface area contributed by atoms with E-state index in [2.05, 4.69) is 10.2 Å². The van der Waals surface area contributed by atoms with Crippen LogP contribution in [-0.2, 0) is 0 Å². The third kappa shape index (κ3) is 4.32. The van der Waals surface area contributed by atoms with Crippen LogP contribution < -0.4 is 10.2 Å². The zero-order chi connectivity index (χ0) is 20.4. The molecule has 0 unspecified atom stereocenters. The minimum absolute atomic E-state index is 0.0254. The maximum Gasteiger partial charge on any atom is 0.168 e. The van der Waals surface area contributed by atoms with Crippen LogP contribution in [0, 0.1) is 23.4 Å². The quantitative estimate of drug-likeness (QED) is 0.755. The Morgan fingerprint density at radius 3 is 2.28 bits per heavy atom. The number of nitrogens with one attached hydrogen (secondary N) is 1. The maximum absolute atomic E-state index is 14.7. The first-order valence-corrected chi connectivity index (χ1v) is 10.3. The molecule has 0 aromatic heterocycles. The molecule has 154 valence electrons. The number of carbonyl (C=O) groups excluding carboxylic acids is 1. The number of hydrogen-bond acceptors (Lipinski definition) is 3. The molecular weight excluding hydrogens is 377 g/mol. The number of piperidine rings is 2. The van der Waals surface area contributed by atoms with Crippen molar-refractivity contribution in [1.29, 1.82) is 0 Å². The van der Waals surface area contributed by atoms with Crippen LogP contribution in [0.2, 0.25) is 0 Å². The van der Waals surface area contributed by atoms with Crippen molar-refractivity contribution >= 4 is 11.5 Å². The summed E-state index contributed by atoms with van der Waals surface area (Å²) >= 11 is 0. The molecule has 2 aromatic rings. The zero-order valence-corrected chi connectivity index (χ0v) is 16.3. The fourth-order valence-corrected chi connectivity index (χ4v) is 4.49. The van der Waals surface area contributed by atoms with E-state index in [0.717, 1.165) is 37.7 Å². The smallest absolute Gasteiger partial charge is 0.168 e. The number of benzene rings is 2. The lowest BCUT2D eigenvalue weighted by Gasteiger charge is -2.34. The molecule has 0 spiro atoms. The number of anilines is 1. The molecule has 2 fully saturated rings. The Bertz CT molecular complexity index is 888. The standard InChI is InChI=1S/C23H25F3N2O/c24-17-1-3-19(21(25)13-17)15-7-11-28(12-8-15)18-2-4-20(22(26)14-18)23(29)16-5-9-27-10-6-16/h1-4,13-16,27H,5-12H2. The third-order valence-electron chi connectivity index (χ3n) is 6.19. The minimum Gasteiger partial charge on any atom is -0.371 e. The summed E-state index contributed by atoms with van der Waals surface area (Å²) in [6.07, 6.45) is 2.90. The van der Waals surface area contributed by atoms with E-state index in [1.54, 1.807) is 12.1 Å². The molecule has 0 atom stereocenters. The molecule has 0 saturated carbocycles. The van der Waals surface area contributed by atoms with E-state index in [1.807, 2.05) is 0 Å². The first-order chi connectivity index (χ1) is 14.0. The van der Waals surface area contributed by atoms with Gasteiger partial charge in [0.15, 0.2) is 5.78 Å². The van der Waals surface area contributed by atoms with E-state index < -0.39 is 17.5 Å². The van der Waals surface area contributed by atoms with E-state index in [0.29, 0.717) is 31.5 Å². The monoisotopic (exact) mass is 402 g/mol. The Morgan fingerprint density at radius 1 is 0.897 bits per heavy atom. The summed E-state index contributed by atoms with van der Waals surface area (Å²) in [7, 11) is 0. The van der Waals surface area contributed by atoms with Crippen molar-refractivity contribution in [3.8, 4) is 0 Å². The van der Waals surface area contributed by atoms with Gasteiger partial charge < -0.3 is 10.2 Å². The normalized spacial score (nSPS) is 18.8. The Kier molecular flexibility index (Phi) is 5.90. The lowest BCUT2D eigenvalue weighted by molar-refractivity contribution is 0.0891. The molecule has 2 saturated heterocycles. The van der Waals surface area contributed by atoms with Gasteiger partial charge in [0.1, 0.15) is 17.5 Å². The predicted molar refractivity (Wildman–Crippen MR) is 107 cm³/mol. The Balaban J connectivity index is 1.42. The van der Waals surface area contributed by atoms with Gasteiger partial charge in [-0.15, -0.1) is 0 Å². The topological polar surface area (TPSA) is 32.3 Å². The van der Waals surface area contributed by atoms with Crippen molar-refractivity contribution in [2.75, 3.05) is 31.1 Å². The summed E-state index contributed by atoms with van der Waals surface area (Å²) < 4.78 is 41.9. The van der Waals surface area contributed by atoms with Gasteiger partial charge in [-0.05, 0) is 74.5 Å². The molecule has 2 aliphatic rings. The number of carbonyl (C=O) groups is 1. The van der Waals surface area contributed by atoms with E-state index in [-0.39, 0.29) is 23.2 Å². The second kappa shape index (κ2) is 8.57. The van der Waals surface area contributed by atoms with Gasteiger partial charge in [-0.1, -0.05) is 6.07 Å². The second-order valence-electron chi connectivity index (χ2n) is 7.98. The molecule has 6 heteroatoms. The van der Waals surface area contributed by atoms with Crippen molar-refractivity contribution in [2.45, 2.75) is 31.6 Å². The van der Waals surface area contributed by atoms with Crippen LogP contribution in [0.5, 0.6) is 0 Å². The molecule has 0 radical (unpaired) electrons. The number of ketones is 1. The molecule has 0 bridgehead atoms. The highest BCUT2D eigenvalue weighted by Crippen LogP contribution is 2.33. The molecule has 2 aromatic carbocycles. The summed E-state index contributed by atoms with van der Waals surface area (Å²) in [4.78, 5) is 14.7. The summed E-state index contributed by atoms with van der Waals surface area (Å²) in [5.74, 6) is -1.75. The number of Topliss-reactive ketones (excluding diaryl/α,β-unsaturated/α-hetero) is 1. The Morgan fingerprint density at radius 2 is 1.62 bits per heavy atom. The van der Waals surface area contributed by atoms with Crippen LogP contribution in [0.1, 0.15) is 47.5 Å². The highest BCUT2D eigenvalue weighted by Gasteiger charge is 2.26. The van der Waals surface area contributed by atoms with E-state index in [9.17, 15) is 18.0 Å². The highest BCUT2D eigenvalue weighted by atomic mass is 19.1. The van der Waals surface area contributed by atoms with Gasteiger partial charge in [0.05, 0.1) is 5.56 Å². The van der Waals surface area contributed by atoms with Crippen molar-refractivity contribution in [1.82, 2.24) is 5.32 Å². The Hall–Kier alpha value is -2.34. The van der Waals surface area contributed by atoms with Gasteiger partial charge >= 0.3 is 0 Å². The van der Waals surface area contributed by atoms with E-state index in [4.69, 9.17) is 0 Å². The molecule has 2 heterocycles. The third-order valence-corrected chi connectivity index (χ3v) is 6.19. The molecule has 0 aliphatic carbocycles. The SMILES string of the molecule is O=C(c1ccc(N2CCC(c3ccc(F)cc3F)CC2)cc1F)C1CCNCC1. The first-order valence-electron chi connectivity index (χ1n) is 10.3. The van der Waals surface area contributed by atoms with Gasteiger partial charge in [0.25, 0.3) is 0 Å². The van der Waals surface area contributed by atoms with Crippen LogP contribution in [0.15, 0.2) is 36.4 Å². The van der Waals surface area contributed by atoms with E-state index >= 15 is 0 Å². The summed E-state index contributed by atoms with van der Waals surface area (Å²) in [6.45, 7) is 2.89. The first kappa shape index (κ1) is 20.0. The van der Waals surface area contributed by atoms with E-state index in [1.165, 1.54) is 18.2 Å². The zero-order valence-electron chi connectivity index (χ0n) is 16.3. The average Bonchev–Trinajstić information content (AvgIpc) is 2.74. The Labute approximate surface area is 168 Å². The molecule has 1 N–H and O–H groups in total. The van der Waals surface area contributed by atoms with Crippen LogP contribution in [-0.4, -0.2) is 32.0 Å². The van der Waals surface area contributed by atoms with Crippen molar-refractivity contribution < 1.29 is 18.0 Å². The molecule has 3 nitrogen and oxygen atoms in total.